The van der Waals surface area contributed by atoms with E-state index in [4.69, 9.17) is 0 Å². The first-order valence-corrected chi connectivity index (χ1v) is 8.26. The number of amides is 1. The first-order valence-electron chi connectivity index (χ1n) is 8.26. The Labute approximate surface area is 130 Å². The molecule has 1 amide bonds. The average Bonchev–Trinajstić information content (AvgIpc) is 3.27. The van der Waals surface area contributed by atoms with Gasteiger partial charge in [-0.15, -0.1) is 0 Å². The van der Waals surface area contributed by atoms with E-state index in [2.05, 4.69) is 15.5 Å². The molecule has 5 nitrogen and oxygen atoms in total. The number of aliphatic hydroxyl groups excluding tert-OH is 1. The van der Waals surface area contributed by atoms with Gasteiger partial charge in [-0.3, -0.25) is 4.79 Å². The van der Waals surface area contributed by atoms with Crippen molar-refractivity contribution in [3.8, 4) is 0 Å². The van der Waals surface area contributed by atoms with Crippen molar-refractivity contribution in [2.45, 2.75) is 38.3 Å². The van der Waals surface area contributed by atoms with Crippen LogP contribution in [-0.4, -0.2) is 35.2 Å². The van der Waals surface area contributed by atoms with Crippen LogP contribution < -0.4 is 10.6 Å². The van der Waals surface area contributed by atoms with Crippen LogP contribution in [0.2, 0.25) is 0 Å². The van der Waals surface area contributed by atoms with Crippen LogP contribution >= 0.6 is 0 Å². The summed E-state index contributed by atoms with van der Waals surface area (Å²) in [6, 6.07) is 0. The lowest BCUT2D eigenvalue weighted by Crippen LogP contribution is -2.46. The minimum atomic E-state index is -0.0859. The maximum absolute atomic E-state index is 12.6. The Morgan fingerprint density at radius 2 is 2.23 bits per heavy atom. The van der Waals surface area contributed by atoms with Crippen molar-refractivity contribution in [1.82, 2.24) is 15.5 Å². The van der Waals surface area contributed by atoms with E-state index in [0.29, 0.717) is 18.2 Å². The van der Waals surface area contributed by atoms with Crippen molar-refractivity contribution in [2.75, 3.05) is 13.2 Å². The summed E-state index contributed by atoms with van der Waals surface area (Å²) in [7, 11) is 0. The van der Waals surface area contributed by atoms with E-state index >= 15 is 0 Å². The van der Waals surface area contributed by atoms with E-state index in [9.17, 15) is 9.90 Å². The molecule has 118 valence electrons. The van der Waals surface area contributed by atoms with Crippen LogP contribution in [0.5, 0.6) is 0 Å². The molecule has 4 rings (SSSR count). The van der Waals surface area contributed by atoms with Crippen molar-refractivity contribution < 1.29 is 9.90 Å². The molecular formula is C17H23N3O2. The quantitative estimate of drug-likeness (QED) is 0.714. The summed E-state index contributed by atoms with van der Waals surface area (Å²) in [6.07, 6.45) is 13.8. The fourth-order valence-electron chi connectivity index (χ4n) is 3.56. The molecule has 2 aliphatic heterocycles. The molecule has 1 atom stereocenters. The smallest absolute Gasteiger partial charge is 0.269 e. The normalized spacial score (nSPS) is 28.2. The second-order valence-electron chi connectivity index (χ2n) is 6.99. The third kappa shape index (κ3) is 2.24. The van der Waals surface area contributed by atoms with Crippen molar-refractivity contribution in [3.63, 3.8) is 0 Å². The highest BCUT2D eigenvalue weighted by Gasteiger charge is 2.43. The second kappa shape index (κ2) is 5.16. The molecular weight excluding hydrogens is 278 g/mol. The lowest BCUT2D eigenvalue weighted by molar-refractivity contribution is -0.119. The molecule has 0 aromatic carbocycles. The van der Waals surface area contributed by atoms with Gasteiger partial charge in [-0.2, -0.15) is 0 Å². The first-order chi connectivity index (χ1) is 10.7. The lowest BCUT2D eigenvalue weighted by atomic mass is 9.69. The molecule has 2 fully saturated rings. The Balaban J connectivity index is 1.47. The van der Waals surface area contributed by atoms with Gasteiger partial charge in [0.1, 0.15) is 11.9 Å². The zero-order valence-corrected chi connectivity index (χ0v) is 12.7. The van der Waals surface area contributed by atoms with E-state index in [1.165, 1.54) is 12.8 Å². The van der Waals surface area contributed by atoms with Crippen molar-refractivity contribution in [1.29, 1.82) is 0 Å². The van der Waals surface area contributed by atoms with E-state index < -0.39 is 0 Å². The summed E-state index contributed by atoms with van der Waals surface area (Å²) in [6.45, 7) is 0.723. The Hall–Kier alpha value is -1.75. The molecule has 0 aromatic heterocycles. The predicted molar refractivity (Wildman–Crippen MR) is 83.2 cm³/mol. The van der Waals surface area contributed by atoms with Crippen LogP contribution in [-0.2, 0) is 4.79 Å². The number of hydrogen-bond donors (Lipinski definition) is 3. The van der Waals surface area contributed by atoms with Gasteiger partial charge in [0.15, 0.2) is 0 Å². The van der Waals surface area contributed by atoms with Gasteiger partial charge in [0.2, 0.25) is 0 Å². The second-order valence-corrected chi connectivity index (χ2v) is 6.99. The number of nitrogens with one attached hydrogen (secondary N) is 2. The SMILES string of the molecule is O=C(NCC1(CO)CCC1)C1=C2C=CC=CN2C(C2CC2)N1. The van der Waals surface area contributed by atoms with Gasteiger partial charge in [0.25, 0.3) is 5.91 Å². The molecule has 2 heterocycles. The van der Waals surface area contributed by atoms with E-state index in [1.54, 1.807) is 0 Å². The third-order valence-electron chi connectivity index (χ3n) is 5.41. The highest BCUT2D eigenvalue weighted by Crippen LogP contribution is 2.41. The number of nitrogens with zero attached hydrogens (tertiary/aromatic N) is 1. The first kappa shape index (κ1) is 13.9. The monoisotopic (exact) mass is 301 g/mol. The van der Waals surface area contributed by atoms with Crippen LogP contribution in [0.25, 0.3) is 0 Å². The summed E-state index contributed by atoms with van der Waals surface area (Å²) in [5, 5.41) is 16.0. The summed E-state index contributed by atoms with van der Waals surface area (Å²) >= 11 is 0. The number of allylic oxidation sites excluding steroid dienone is 3. The highest BCUT2D eigenvalue weighted by molar-refractivity contribution is 5.94. The van der Waals surface area contributed by atoms with E-state index in [-0.39, 0.29) is 24.1 Å². The van der Waals surface area contributed by atoms with Crippen molar-refractivity contribution in [2.24, 2.45) is 11.3 Å². The van der Waals surface area contributed by atoms with Crippen LogP contribution in [0.4, 0.5) is 0 Å². The fraction of sp³-hybridized carbons (Fsp3) is 0.588. The molecule has 5 heteroatoms. The molecule has 0 spiro atoms. The molecule has 3 N–H and O–H groups in total. The van der Waals surface area contributed by atoms with Crippen molar-refractivity contribution in [3.05, 3.63) is 35.8 Å². The third-order valence-corrected chi connectivity index (χ3v) is 5.41. The lowest BCUT2D eigenvalue weighted by Gasteiger charge is -2.40. The molecule has 2 aliphatic carbocycles. The van der Waals surface area contributed by atoms with Gasteiger partial charge < -0.3 is 20.6 Å². The molecule has 0 saturated heterocycles. The van der Waals surface area contributed by atoms with Gasteiger partial charge in [-0.05, 0) is 43.8 Å². The highest BCUT2D eigenvalue weighted by atomic mass is 16.3. The Kier molecular flexibility index (Phi) is 3.26. The summed E-state index contributed by atoms with van der Waals surface area (Å²) in [4.78, 5) is 14.8. The molecule has 0 bridgehead atoms. The number of carbonyl (C=O) groups is 1. The molecule has 2 saturated carbocycles. The van der Waals surface area contributed by atoms with E-state index in [1.807, 2.05) is 24.4 Å². The summed E-state index contributed by atoms with van der Waals surface area (Å²) in [5.74, 6) is 0.578. The molecule has 0 radical (unpaired) electrons. The zero-order chi connectivity index (χ0) is 15.2. The van der Waals surface area contributed by atoms with Crippen LogP contribution in [0.3, 0.4) is 0 Å². The summed E-state index contributed by atoms with van der Waals surface area (Å²) in [5.41, 5.74) is 1.55. The molecule has 1 unspecified atom stereocenters. The molecule has 4 aliphatic rings. The van der Waals surface area contributed by atoms with Gasteiger partial charge in [0.05, 0.1) is 12.3 Å². The Morgan fingerprint density at radius 3 is 2.86 bits per heavy atom. The topological polar surface area (TPSA) is 64.6 Å². The van der Waals surface area contributed by atoms with Gasteiger partial charge in [0, 0.05) is 18.2 Å². The molecule has 22 heavy (non-hydrogen) atoms. The van der Waals surface area contributed by atoms with Crippen LogP contribution in [0.15, 0.2) is 35.8 Å². The van der Waals surface area contributed by atoms with E-state index in [0.717, 1.165) is 25.0 Å². The van der Waals surface area contributed by atoms with Crippen molar-refractivity contribution >= 4 is 5.91 Å². The number of fused-ring (bicyclic) bond motifs is 1. The standard InChI is InChI=1S/C17H23N3O2/c21-11-17(7-3-8-17)10-18-16(22)14-13-4-1-2-9-20(13)15(19-14)12-5-6-12/h1-2,4,9,12,15,19,21H,3,5-8,10-11H2,(H,18,22). The predicted octanol–water partition coefficient (Wildman–Crippen LogP) is 1.20. The van der Waals surface area contributed by atoms with Gasteiger partial charge >= 0.3 is 0 Å². The minimum absolute atomic E-state index is 0.0529. The number of aliphatic hydroxyl groups is 1. The maximum atomic E-state index is 12.6. The largest absolute Gasteiger partial charge is 0.396 e. The van der Waals surface area contributed by atoms with Crippen LogP contribution in [0.1, 0.15) is 32.1 Å². The number of carbonyl (C=O) groups excluding carboxylic acids is 1. The maximum Gasteiger partial charge on any atom is 0.269 e. The minimum Gasteiger partial charge on any atom is -0.396 e. The Bertz CT molecular complexity index is 565. The number of rotatable bonds is 5. The molecule has 0 aromatic rings. The summed E-state index contributed by atoms with van der Waals surface area (Å²) < 4.78 is 0. The average molecular weight is 301 g/mol. The number of hydrogen-bond acceptors (Lipinski definition) is 4. The zero-order valence-electron chi connectivity index (χ0n) is 12.7. The van der Waals surface area contributed by atoms with Gasteiger partial charge in [-0.1, -0.05) is 12.5 Å². The van der Waals surface area contributed by atoms with Crippen LogP contribution in [0, 0.1) is 11.3 Å². The Morgan fingerprint density at radius 1 is 1.41 bits per heavy atom. The fourth-order valence-corrected chi connectivity index (χ4v) is 3.56. The van der Waals surface area contributed by atoms with Gasteiger partial charge in [-0.25, -0.2) is 0 Å².